The SMILES string of the molecule is CCCOc1ccc(OP(O)O)cc1. The molecule has 1 aromatic carbocycles. The summed E-state index contributed by atoms with van der Waals surface area (Å²) >= 11 is 0. The predicted molar refractivity (Wildman–Crippen MR) is 54.2 cm³/mol. The fourth-order valence-electron chi connectivity index (χ4n) is 0.911. The Labute approximate surface area is 84.1 Å². The molecule has 0 heterocycles. The molecule has 0 spiro atoms. The summed E-state index contributed by atoms with van der Waals surface area (Å²) in [5.74, 6) is 1.17. The van der Waals surface area contributed by atoms with E-state index in [1.165, 1.54) is 0 Å². The maximum absolute atomic E-state index is 8.58. The van der Waals surface area contributed by atoms with Gasteiger partial charge in [0.25, 0.3) is 0 Å². The summed E-state index contributed by atoms with van der Waals surface area (Å²) in [6.07, 6.45) is 0.955. The first-order valence-electron chi connectivity index (χ1n) is 4.31. The van der Waals surface area contributed by atoms with Crippen molar-refractivity contribution in [2.24, 2.45) is 0 Å². The van der Waals surface area contributed by atoms with Crippen LogP contribution in [-0.2, 0) is 0 Å². The van der Waals surface area contributed by atoms with Crippen LogP contribution in [0.15, 0.2) is 24.3 Å². The molecule has 4 nitrogen and oxygen atoms in total. The van der Waals surface area contributed by atoms with Crippen LogP contribution >= 0.6 is 8.60 Å². The fraction of sp³-hybridized carbons (Fsp3) is 0.333. The third kappa shape index (κ3) is 3.92. The van der Waals surface area contributed by atoms with Gasteiger partial charge >= 0.3 is 8.60 Å². The Hall–Kier alpha value is -0.830. The maximum atomic E-state index is 8.58. The molecule has 0 aliphatic rings. The van der Waals surface area contributed by atoms with Gasteiger partial charge in [-0.25, -0.2) is 0 Å². The lowest BCUT2D eigenvalue weighted by Crippen LogP contribution is -1.94. The summed E-state index contributed by atoms with van der Waals surface area (Å²) in [6.45, 7) is 2.70. The summed E-state index contributed by atoms with van der Waals surface area (Å²) in [5.41, 5.74) is 0. The van der Waals surface area contributed by atoms with E-state index in [1.54, 1.807) is 24.3 Å². The van der Waals surface area contributed by atoms with Crippen LogP contribution in [0.4, 0.5) is 0 Å². The van der Waals surface area contributed by atoms with Crippen LogP contribution in [0.3, 0.4) is 0 Å². The van der Waals surface area contributed by atoms with Crippen LogP contribution in [0.1, 0.15) is 13.3 Å². The smallest absolute Gasteiger partial charge is 0.391 e. The van der Waals surface area contributed by atoms with Crippen molar-refractivity contribution in [3.05, 3.63) is 24.3 Å². The molecular formula is C9H13O4P. The van der Waals surface area contributed by atoms with Crippen molar-refractivity contribution in [1.82, 2.24) is 0 Å². The molecule has 0 saturated carbocycles. The highest BCUT2D eigenvalue weighted by Gasteiger charge is 2.02. The van der Waals surface area contributed by atoms with E-state index in [0.717, 1.165) is 12.2 Å². The number of benzene rings is 1. The van der Waals surface area contributed by atoms with Crippen molar-refractivity contribution in [2.75, 3.05) is 6.61 Å². The molecule has 0 fully saturated rings. The molecule has 5 heteroatoms. The van der Waals surface area contributed by atoms with Crippen LogP contribution in [0, 0.1) is 0 Å². The average molecular weight is 216 g/mol. The molecule has 0 aliphatic carbocycles. The summed E-state index contributed by atoms with van der Waals surface area (Å²) in [5, 5.41) is 0. The summed E-state index contributed by atoms with van der Waals surface area (Å²) in [7, 11) is -2.34. The molecule has 0 unspecified atom stereocenters. The van der Waals surface area contributed by atoms with Crippen LogP contribution in [0.5, 0.6) is 11.5 Å². The van der Waals surface area contributed by atoms with Gasteiger partial charge in [0.2, 0.25) is 0 Å². The van der Waals surface area contributed by atoms with E-state index in [0.29, 0.717) is 12.4 Å². The van der Waals surface area contributed by atoms with Crippen LogP contribution < -0.4 is 9.26 Å². The molecule has 0 saturated heterocycles. The fourth-order valence-corrected chi connectivity index (χ4v) is 1.22. The van der Waals surface area contributed by atoms with Crippen molar-refractivity contribution in [2.45, 2.75) is 13.3 Å². The van der Waals surface area contributed by atoms with E-state index >= 15 is 0 Å². The van der Waals surface area contributed by atoms with Gasteiger partial charge in [-0.2, -0.15) is 0 Å². The second-order valence-electron chi connectivity index (χ2n) is 2.66. The Morgan fingerprint density at radius 2 is 1.71 bits per heavy atom. The van der Waals surface area contributed by atoms with Gasteiger partial charge in [-0.05, 0) is 30.7 Å². The molecule has 78 valence electrons. The minimum Gasteiger partial charge on any atom is -0.494 e. The molecule has 0 amide bonds. The topological polar surface area (TPSA) is 58.9 Å². The number of rotatable bonds is 5. The zero-order valence-corrected chi connectivity index (χ0v) is 8.78. The number of hydrogen-bond donors (Lipinski definition) is 2. The van der Waals surface area contributed by atoms with E-state index in [2.05, 4.69) is 0 Å². The van der Waals surface area contributed by atoms with Gasteiger partial charge in [-0.15, -0.1) is 0 Å². The zero-order chi connectivity index (χ0) is 10.4. The monoisotopic (exact) mass is 216 g/mol. The lowest BCUT2D eigenvalue weighted by atomic mass is 10.3. The standard InChI is InChI=1S/C9H13O4P/c1-2-7-12-8-3-5-9(6-4-8)13-14(10)11/h3-6,10-11H,2,7H2,1H3. The molecule has 0 bridgehead atoms. The van der Waals surface area contributed by atoms with Gasteiger partial charge in [-0.3, -0.25) is 0 Å². The zero-order valence-electron chi connectivity index (χ0n) is 7.88. The van der Waals surface area contributed by atoms with Crippen molar-refractivity contribution in [3.8, 4) is 11.5 Å². The van der Waals surface area contributed by atoms with Gasteiger partial charge in [0, 0.05) is 0 Å². The molecule has 0 aliphatic heterocycles. The second-order valence-corrected chi connectivity index (χ2v) is 3.35. The normalized spacial score (nSPS) is 10.3. The Bertz CT molecular complexity index is 260. The van der Waals surface area contributed by atoms with Crippen LogP contribution in [0.2, 0.25) is 0 Å². The minimum atomic E-state index is -2.34. The number of ether oxygens (including phenoxy) is 1. The highest BCUT2D eigenvalue weighted by atomic mass is 31.2. The molecule has 0 radical (unpaired) electrons. The molecule has 2 N–H and O–H groups in total. The van der Waals surface area contributed by atoms with Gasteiger partial charge in [-0.1, -0.05) is 6.92 Å². The lowest BCUT2D eigenvalue weighted by Gasteiger charge is -2.07. The molecular weight excluding hydrogens is 203 g/mol. The quantitative estimate of drug-likeness (QED) is 0.739. The van der Waals surface area contributed by atoms with Gasteiger partial charge in [0.1, 0.15) is 11.5 Å². The summed E-state index contributed by atoms with van der Waals surface area (Å²) < 4.78 is 10.0. The van der Waals surface area contributed by atoms with E-state index in [1.807, 2.05) is 6.92 Å². The largest absolute Gasteiger partial charge is 0.494 e. The van der Waals surface area contributed by atoms with Gasteiger partial charge in [0.15, 0.2) is 0 Å². The Kier molecular flexibility index (Phi) is 4.66. The predicted octanol–water partition coefficient (Wildman–Crippen LogP) is 2.07. The highest BCUT2D eigenvalue weighted by molar-refractivity contribution is 7.39. The minimum absolute atomic E-state index is 0.421. The second kappa shape index (κ2) is 5.81. The van der Waals surface area contributed by atoms with E-state index < -0.39 is 8.60 Å². The Morgan fingerprint density at radius 3 is 2.21 bits per heavy atom. The van der Waals surface area contributed by atoms with Gasteiger partial charge < -0.3 is 19.0 Å². The molecule has 14 heavy (non-hydrogen) atoms. The third-order valence-corrected chi connectivity index (χ3v) is 1.86. The molecule has 1 rings (SSSR count). The summed E-state index contributed by atoms with van der Waals surface area (Å²) in [6, 6.07) is 6.72. The molecule has 1 aromatic rings. The third-order valence-electron chi connectivity index (χ3n) is 1.48. The highest BCUT2D eigenvalue weighted by Crippen LogP contribution is 2.29. The first-order chi connectivity index (χ1) is 6.72. The molecule has 0 aromatic heterocycles. The first-order valence-corrected chi connectivity index (χ1v) is 5.47. The van der Waals surface area contributed by atoms with Crippen molar-refractivity contribution in [1.29, 1.82) is 0 Å². The van der Waals surface area contributed by atoms with Crippen molar-refractivity contribution >= 4 is 8.60 Å². The lowest BCUT2D eigenvalue weighted by molar-refractivity contribution is 0.316. The van der Waals surface area contributed by atoms with Crippen LogP contribution in [-0.4, -0.2) is 16.4 Å². The molecule has 0 atom stereocenters. The van der Waals surface area contributed by atoms with E-state index in [-0.39, 0.29) is 0 Å². The average Bonchev–Trinajstić information content (AvgIpc) is 2.16. The Morgan fingerprint density at radius 1 is 1.14 bits per heavy atom. The van der Waals surface area contributed by atoms with Crippen molar-refractivity contribution in [3.63, 3.8) is 0 Å². The van der Waals surface area contributed by atoms with Crippen molar-refractivity contribution < 1.29 is 19.0 Å². The first kappa shape index (κ1) is 11.2. The summed E-state index contributed by atoms with van der Waals surface area (Å²) in [4.78, 5) is 17.2. The Balaban J connectivity index is 2.50. The van der Waals surface area contributed by atoms with Gasteiger partial charge in [0.05, 0.1) is 6.61 Å². The van der Waals surface area contributed by atoms with E-state index in [9.17, 15) is 0 Å². The van der Waals surface area contributed by atoms with Crippen LogP contribution in [0.25, 0.3) is 0 Å². The maximum Gasteiger partial charge on any atom is 0.391 e. The number of hydrogen-bond acceptors (Lipinski definition) is 4. The van der Waals surface area contributed by atoms with E-state index in [4.69, 9.17) is 19.0 Å².